The van der Waals surface area contributed by atoms with Crippen LogP contribution >= 0.6 is 62.1 Å². The number of carbonyl (C=O) groups is 5. The molecule has 0 radical (unpaired) electrons. The van der Waals surface area contributed by atoms with Crippen molar-refractivity contribution in [1.29, 1.82) is 0 Å². The summed E-state index contributed by atoms with van der Waals surface area (Å²) in [5, 5.41) is 1.43. The lowest BCUT2D eigenvalue weighted by atomic mass is 10.3. The second-order valence-corrected chi connectivity index (χ2v) is 39.9. The van der Waals surface area contributed by atoms with E-state index in [9.17, 15) is 72.4 Å². The van der Waals surface area contributed by atoms with Gasteiger partial charge in [0.25, 0.3) is 0 Å². The Morgan fingerprint density at radius 3 is 0.672 bits per heavy atom. The van der Waals surface area contributed by atoms with E-state index in [2.05, 4.69) is 204 Å². The third-order valence-corrected chi connectivity index (χ3v) is 17.4. The highest BCUT2D eigenvalue weighted by Crippen LogP contribution is 2.57. The van der Waals surface area contributed by atoms with Crippen LogP contribution in [0.3, 0.4) is 0 Å². The molecule has 6 heterocycles. The molecule has 0 aromatic rings. The molecule has 8 fully saturated rings. The van der Waals surface area contributed by atoms with Crippen LogP contribution in [0, 0.1) is 23.7 Å². The minimum absolute atomic E-state index is 0.0370. The summed E-state index contributed by atoms with van der Waals surface area (Å²) in [6.07, 6.45) is 20.4. The highest BCUT2D eigenvalue weighted by Gasteiger charge is 2.45. The third-order valence-electron chi connectivity index (χ3n) is 11.1. The van der Waals surface area contributed by atoms with Gasteiger partial charge in [-0.3, -0.25) is 47.2 Å². The first-order valence-corrected chi connectivity index (χ1v) is 60.0. The van der Waals surface area contributed by atoms with Gasteiger partial charge in [-0.1, -0.05) is 383 Å². The largest absolute Gasteiger partial charge is 0.510 e. The van der Waals surface area contributed by atoms with Crippen molar-refractivity contribution in [2.45, 2.75) is 509 Å². The molecule has 12 unspecified atom stereocenters. The molecule has 6 aliphatic heterocycles. The van der Waals surface area contributed by atoms with Gasteiger partial charge in [0.1, 0.15) is 29.2 Å². The fourth-order valence-electron chi connectivity index (χ4n) is 3.58. The zero-order valence-electron chi connectivity index (χ0n) is 96.8. The van der Waals surface area contributed by atoms with Crippen LogP contribution in [0.5, 0.6) is 0 Å². The lowest BCUT2D eigenvalue weighted by Crippen LogP contribution is -2.06. The predicted molar refractivity (Wildman–Crippen MR) is 580 cm³/mol. The quantitative estimate of drug-likeness (QED) is 0.0613. The zero-order valence-corrected chi connectivity index (χ0v) is 103. The molecule has 21 nitrogen and oxygen atoms in total. The minimum atomic E-state index is -5.68. The number of likely N-dealkylation sites (N-methyl/N-ethyl adjacent to an activating group) is 2. The van der Waals surface area contributed by atoms with Gasteiger partial charge in [0.15, 0.2) is 5.78 Å². The fraction of sp³-hybridized carbons (Fsp3) is 0.948. The normalized spacial score (nSPS) is 18.0. The lowest BCUT2D eigenvalue weighted by Gasteiger charge is -2.07. The zero-order chi connectivity index (χ0) is 112. The topological polar surface area (TPSA) is 321 Å². The summed E-state index contributed by atoms with van der Waals surface area (Å²) in [6.45, 7) is 107. The van der Waals surface area contributed by atoms with Crippen LogP contribution in [-0.4, -0.2) is 188 Å². The number of Topliss-reactive ketones (excluding diaryl/α,β-unsaturated/α-hetero) is 5. The Kier molecular flexibility index (Phi) is 224. The molecule has 12 atom stereocenters. The summed E-state index contributed by atoms with van der Waals surface area (Å²) < 4.78 is 132. The van der Waals surface area contributed by atoms with Gasteiger partial charge in [-0.25, -0.2) is 9.13 Å². The van der Waals surface area contributed by atoms with Crippen LogP contribution in [0.15, 0.2) is 0 Å². The smallest absolute Gasteiger partial charge is 0.373 e. The Labute approximate surface area is 822 Å². The van der Waals surface area contributed by atoms with E-state index in [0.29, 0.717) is 47.6 Å². The first-order valence-electron chi connectivity index (χ1n) is 49.5. The van der Waals surface area contributed by atoms with Gasteiger partial charge in [-0.15, -0.1) is 16.0 Å². The van der Waals surface area contributed by atoms with Gasteiger partial charge >= 0.3 is 44.2 Å². The highest BCUT2D eigenvalue weighted by molar-refractivity contribution is 8.07. The number of alkyl halides is 2. The number of nitrogens with zero attached hydrogens (tertiary/aromatic N) is 2. The van der Waals surface area contributed by atoms with Crippen LogP contribution in [0.2, 0.25) is 0 Å². The first-order chi connectivity index (χ1) is 60.3. The van der Waals surface area contributed by atoms with Gasteiger partial charge in [0.05, 0.1) is 42.4 Å². The average Bonchev–Trinajstić information content (AvgIpc) is 1.63. The molecule has 6 saturated heterocycles. The van der Waals surface area contributed by atoms with Crippen molar-refractivity contribution in [1.82, 2.24) is 9.80 Å². The van der Waals surface area contributed by atoms with Gasteiger partial charge in [0.2, 0.25) is 0 Å². The van der Waals surface area contributed by atoms with Crippen molar-refractivity contribution in [2.24, 2.45) is 23.7 Å². The van der Waals surface area contributed by atoms with Gasteiger partial charge in [-0.2, -0.15) is 33.1 Å². The molecule has 824 valence electrons. The molecular weight excluding hydrogens is 1830 g/mol. The number of hydrogen-bond donors (Lipinski definition) is 5. The summed E-state index contributed by atoms with van der Waals surface area (Å²) in [4.78, 5) is 94.1. The summed E-state index contributed by atoms with van der Waals surface area (Å²) in [6, 6.07) is 1.20. The number of carbonyl (C=O) groups excluding carboxylic acids is 5. The van der Waals surface area contributed by atoms with Crippen molar-refractivity contribution in [3.05, 3.63) is 0 Å². The van der Waals surface area contributed by atoms with Crippen LogP contribution in [0.1, 0.15) is 463 Å². The number of thioether (sulfide) groups is 2. The summed E-state index contributed by atoms with van der Waals surface area (Å²) in [7, 11) is -15.9. The number of rotatable bonds is 14. The van der Waals surface area contributed by atoms with Crippen LogP contribution in [-0.2, 0) is 65.3 Å². The minimum Gasteiger partial charge on any atom is -0.373 e. The van der Waals surface area contributed by atoms with E-state index in [1.165, 1.54) is 123 Å². The van der Waals surface area contributed by atoms with E-state index in [0.717, 1.165) is 81.7 Å². The third kappa shape index (κ3) is 333. The van der Waals surface area contributed by atoms with Crippen molar-refractivity contribution in [3.8, 4) is 0 Å². The van der Waals surface area contributed by atoms with Crippen LogP contribution in [0.25, 0.3) is 0 Å². The predicted octanol–water partition coefficient (Wildman–Crippen LogP) is 35.4. The average molecular weight is 2060 g/mol. The molecule has 8 aliphatic rings. The molecule has 5 N–H and O–H groups in total. The van der Waals surface area contributed by atoms with Crippen molar-refractivity contribution in [3.63, 3.8) is 0 Å². The van der Waals surface area contributed by atoms with E-state index < -0.39 is 49.9 Å². The molecule has 34 heteroatoms. The Morgan fingerprint density at radius 2 is 0.672 bits per heavy atom. The van der Waals surface area contributed by atoms with Gasteiger partial charge in [0, 0.05) is 76.0 Å². The second kappa shape index (κ2) is 152. The van der Waals surface area contributed by atoms with E-state index >= 15 is 0 Å². The summed E-state index contributed by atoms with van der Waals surface area (Å²) >= 11 is 3.80. The van der Waals surface area contributed by atoms with E-state index in [-0.39, 0.29) is 36.8 Å². The van der Waals surface area contributed by atoms with E-state index in [1.54, 1.807) is 39.5 Å². The van der Waals surface area contributed by atoms with Crippen LogP contribution in [0.4, 0.5) is 25.6 Å². The van der Waals surface area contributed by atoms with Crippen LogP contribution < -0.4 is 0 Å². The van der Waals surface area contributed by atoms with E-state index in [1.807, 2.05) is 143 Å². The SMILES string of the molecule is CC.CC.CC.CC.CC.CC.CC.CC.CC.CC(=O)C1CC1.CC(=O)C1CN1C.CC(=O)C1CO1.CC(=O)C1CS1.CC(C)C.CC(C)C.CC(C)P(=O)(O)O.CC(F)(F)P(=O)(O)F.CCC.CCC.CCC.CCC.CCC.CCC.CCC.CCC(C)=O.CCC1CC1.CCC1CN1C.CCC1CO1.CCC1CS1.CCP(=O)(O)F.COP(=O)(O)F.COP(C)(=O)F. The Bertz CT molecular complexity index is 2120. The number of epoxide rings is 2. The van der Waals surface area contributed by atoms with Gasteiger partial charge in [-0.05, 0) is 98.6 Å². The maximum absolute atomic E-state index is 11.5. The molecule has 0 spiro atoms. The monoisotopic (exact) mass is 2060 g/mol. The van der Waals surface area contributed by atoms with E-state index in [4.69, 9.17) is 29.2 Å². The molecule has 0 bridgehead atoms. The summed E-state index contributed by atoms with van der Waals surface area (Å²) in [5.41, 5.74) is -4.65. The highest BCUT2D eigenvalue weighted by atomic mass is 32.2. The molecule has 2 aliphatic carbocycles. The number of ketones is 5. The maximum Gasteiger partial charge on any atom is 0.510 e. The lowest BCUT2D eigenvalue weighted by molar-refractivity contribution is -0.118. The molecule has 0 aromatic carbocycles. The fourth-order valence-corrected chi connectivity index (χ4v) is 4.75. The summed E-state index contributed by atoms with van der Waals surface area (Å²) in [5.74, 6) is 7.16. The Hall–Kier alpha value is -0.660. The molecule has 0 amide bonds. The standard InChI is InChI=1S/C5H9NO.C5H11N.C5H8O.C5H10.C4H6O2.C4H6OS.2C4H8O.C4H8S.2C4H10.C3H9O3P.7C3H8.C2H4F3O2P.2C2H6FO2P.9C2H6.CH4FO3P/c1-4(7)5-3-6(5)2;1-3-5-4-6(5)2;1-4(6)5-2-3-5;1-2-5-3-4-5;2*1-3(5)4-2-6-4;1-2-4-3-5-4;1-3-4(2)5;1-2-4-3-5-4;2*1-4(2)3;1-3(2)7(4,5)6;7*1-3-2;1-2(3,4)8(5,6)7;1-5-6(2,3)4;1-2-6(3,4)5;9*1-2;1-5-6(2,3)4/h5H,3H2,1-2H3;5H,3-4H2,1-2H3;5H,2-3H2,1H3;5H,2-4H2,1H3;2*4H,2H2,1H3;4H,2-3H2,1H3;3H2,1-2H3;4H,2-3H2,1H3;2*4H,1-3H3;3H,1-2H3,(H2,4,5,6);7*3H2,1-2H3;1H3,(H,6,7);1-2H3;2H2,1H3,(H,4,5);9*1-2H3;1H3,(H,3,4). The van der Waals surface area contributed by atoms with Gasteiger partial charge < -0.3 is 43.3 Å². The molecule has 8 rings (SSSR count). The molecule has 0 aromatic heterocycles. The Balaban J connectivity index is -0.0000000414. The van der Waals surface area contributed by atoms with Crippen molar-refractivity contribution in [2.75, 3.05) is 79.0 Å². The molecule has 131 heavy (non-hydrogen) atoms. The maximum atomic E-state index is 11.5. The molecule has 2 saturated carbocycles. The first kappa shape index (κ1) is 193. The van der Waals surface area contributed by atoms with Crippen molar-refractivity contribution < 1.29 is 115 Å². The Morgan fingerprint density at radius 1 is 0.443 bits per heavy atom. The number of ether oxygens (including phenoxy) is 2. The second-order valence-electron chi connectivity index (χ2n) is 28.4. The number of halogens is 6. The number of hydrogen-bond acceptors (Lipinski definition) is 18. The molecular formula is C97H233F6N2O19P5S2. The van der Waals surface area contributed by atoms with Crippen molar-refractivity contribution >= 4 is 91.0 Å².